The number of furan rings is 1. The van der Waals surface area contributed by atoms with Gasteiger partial charge in [-0.2, -0.15) is 0 Å². The monoisotopic (exact) mass is 200 g/mol. The van der Waals surface area contributed by atoms with Crippen LogP contribution in [0, 0.1) is 0 Å². The van der Waals surface area contributed by atoms with Crippen LogP contribution in [0.15, 0.2) is 23.1 Å². The molecule has 1 aromatic heterocycles. The van der Waals surface area contributed by atoms with Crippen molar-refractivity contribution in [2.45, 2.75) is 26.7 Å². The van der Waals surface area contributed by atoms with Crippen molar-refractivity contribution in [1.82, 2.24) is 0 Å². The fourth-order valence-electron chi connectivity index (χ4n) is 2.09. The fraction of sp³-hybridized carbons (Fsp3) is 0.286. The Morgan fingerprint density at radius 3 is 2.93 bits per heavy atom. The van der Waals surface area contributed by atoms with Crippen molar-refractivity contribution >= 4 is 17.7 Å². The molecule has 1 aliphatic carbocycles. The Labute approximate surface area is 90.8 Å². The first-order valence-electron chi connectivity index (χ1n) is 5.36. The van der Waals surface area contributed by atoms with Crippen molar-refractivity contribution in [3.05, 3.63) is 41.4 Å². The molecule has 0 N–H and O–H groups in total. The second kappa shape index (κ2) is 3.93. The lowest BCUT2D eigenvalue weighted by Crippen LogP contribution is -1.95. The molecule has 0 saturated carbocycles. The maximum Gasteiger partial charge on any atom is 0.134 e. The van der Waals surface area contributed by atoms with Gasteiger partial charge >= 0.3 is 0 Å². The summed E-state index contributed by atoms with van der Waals surface area (Å²) in [4.78, 5) is 0. The molecular formula is C14H16O. The van der Waals surface area contributed by atoms with Gasteiger partial charge in [-0.3, -0.25) is 0 Å². The van der Waals surface area contributed by atoms with Gasteiger partial charge in [-0.05, 0) is 38.3 Å². The van der Waals surface area contributed by atoms with Gasteiger partial charge in [0.25, 0.3) is 0 Å². The molecule has 0 fully saturated rings. The van der Waals surface area contributed by atoms with Gasteiger partial charge in [0, 0.05) is 11.1 Å². The quantitative estimate of drug-likeness (QED) is 0.693. The summed E-state index contributed by atoms with van der Waals surface area (Å²) in [5, 5.41) is 0. The highest BCUT2D eigenvalue weighted by atomic mass is 16.3. The lowest BCUT2D eigenvalue weighted by molar-refractivity contribution is 0.537. The number of allylic oxidation sites excluding steroid dienone is 3. The van der Waals surface area contributed by atoms with E-state index in [0.717, 1.165) is 24.4 Å². The molecule has 1 aromatic rings. The van der Waals surface area contributed by atoms with Crippen LogP contribution in [0.4, 0.5) is 0 Å². The minimum Gasteiger partial charge on any atom is -0.456 e. The summed E-state index contributed by atoms with van der Waals surface area (Å²) in [6.45, 7) is 7.93. The zero-order chi connectivity index (χ0) is 10.8. The molecule has 0 aliphatic heterocycles. The van der Waals surface area contributed by atoms with Crippen LogP contribution in [0.2, 0.25) is 0 Å². The Morgan fingerprint density at radius 2 is 2.27 bits per heavy atom. The highest BCUT2D eigenvalue weighted by molar-refractivity contribution is 5.74. The first-order chi connectivity index (χ1) is 7.27. The summed E-state index contributed by atoms with van der Waals surface area (Å²) in [6, 6.07) is 0. The van der Waals surface area contributed by atoms with E-state index in [9.17, 15) is 0 Å². The van der Waals surface area contributed by atoms with E-state index >= 15 is 0 Å². The largest absolute Gasteiger partial charge is 0.456 e. The second-order valence-corrected chi connectivity index (χ2v) is 3.82. The first kappa shape index (κ1) is 10.0. The molecule has 0 atom stereocenters. The van der Waals surface area contributed by atoms with E-state index in [1.54, 1.807) is 6.08 Å². The van der Waals surface area contributed by atoms with Crippen LogP contribution in [0.5, 0.6) is 0 Å². The van der Waals surface area contributed by atoms with Crippen molar-refractivity contribution in [2.24, 2.45) is 0 Å². The summed E-state index contributed by atoms with van der Waals surface area (Å²) in [6.07, 6.45) is 10.4. The number of hydrogen-bond donors (Lipinski definition) is 0. The highest BCUT2D eigenvalue weighted by Crippen LogP contribution is 2.34. The number of fused-ring (bicyclic) bond motifs is 1. The van der Waals surface area contributed by atoms with E-state index in [2.05, 4.69) is 25.7 Å². The standard InChI is InChI=1S/C14H16O/c1-4-7-11-12-9-6-8-10(3)14(12)15-13(11)5-2/h4-5,7-8H,2,6,9H2,1,3H3/b7-4-. The molecule has 0 unspecified atom stereocenters. The molecule has 0 radical (unpaired) electrons. The van der Waals surface area contributed by atoms with Crippen LogP contribution in [-0.4, -0.2) is 0 Å². The van der Waals surface area contributed by atoms with Crippen molar-refractivity contribution in [3.63, 3.8) is 0 Å². The third-order valence-electron chi connectivity index (χ3n) is 2.80. The molecule has 1 aliphatic rings. The van der Waals surface area contributed by atoms with Crippen molar-refractivity contribution < 1.29 is 4.42 Å². The van der Waals surface area contributed by atoms with Crippen molar-refractivity contribution in [2.75, 3.05) is 0 Å². The van der Waals surface area contributed by atoms with Crippen LogP contribution >= 0.6 is 0 Å². The maximum absolute atomic E-state index is 5.81. The molecule has 78 valence electrons. The van der Waals surface area contributed by atoms with Gasteiger partial charge in [-0.1, -0.05) is 24.8 Å². The maximum atomic E-state index is 5.81. The topological polar surface area (TPSA) is 13.1 Å². The molecular weight excluding hydrogens is 184 g/mol. The van der Waals surface area contributed by atoms with E-state index in [1.807, 2.05) is 13.0 Å². The Hall–Kier alpha value is -1.50. The van der Waals surface area contributed by atoms with Gasteiger partial charge in [0.1, 0.15) is 11.5 Å². The summed E-state index contributed by atoms with van der Waals surface area (Å²) < 4.78 is 5.81. The van der Waals surface area contributed by atoms with Crippen LogP contribution in [0.1, 0.15) is 42.9 Å². The highest BCUT2D eigenvalue weighted by Gasteiger charge is 2.19. The Bertz CT molecular complexity index is 444. The smallest absolute Gasteiger partial charge is 0.134 e. The van der Waals surface area contributed by atoms with E-state index in [1.165, 1.54) is 16.7 Å². The molecule has 0 amide bonds. The predicted molar refractivity (Wildman–Crippen MR) is 65.5 cm³/mol. The van der Waals surface area contributed by atoms with Gasteiger partial charge < -0.3 is 4.42 Å². The average Bonchev–Trinajstić information content (AvgIpc) is 2.59. The fourth-order valence-corrected chi connectivity index (χ4v) is 2.09. The van der Waals surface area contributed by atoms with E-state index in [-0.39, 0.29) is 0 Å². The summed E-state index contributed by atoms with van der Waals surface area (Å²) in [7, 11) is 0. The van der Waals surface area contributed by atoms with Gasteiger partial charge in [0.2, 0.25) is 0 Å². The van der Waals surface area contributed by atoms with E-state index in [0.29, 0.717) is 0 Å². The third-order valence-corrected chi connectivity index (χ3v) is 2.80. The van der Waals surface area contributed by atoms with Gasteiger partial charge in [-0.15, -0.1) is 0 Å². The van der Waals surface area contributed by atoms with Gasteiger partial charge in [0.05, 0.1) is 0 Å². The van der Waals surface area contributed by atoms with Crippen molar-refractivity contribution in [1.29, 1.82) is 0 Å². The third kappa shape index (κ3) is 1.58. The van der Waals surface area contributed by atoms with Crippen LogP contribution in [-0.2, 0) is 6.42 Å². The minimum atomic E-state index is 0.896. The minimum absolute atomic E-state index is 0.896. The number of hydrogen-bond acceptors (Lipinski definition) is 1. The van der Waals surface area contributed by atoms with Crippen molar-refractivity contribution in [3.8, 4) is 0 Å². The molecule has 1 heterocycles. The molecule has 1 nitrogen and oxygen atoms in total. The predicted octanol–water partition coefficient (Wildman–Crippen LogP) is 4.31. The average molecular weight is 200 g/mol. The molecule has 1 heteroatoms. The van der Waals surface area contributed by atoms with E-state index < -0.39 is 0 Å². The zero-order valence-electron chi connectivity index (χ0n) is 9.34. The van der Waals surface area contributed by atoms with Crippen LogP contribution in [0.25, 0.3) is 17.7 Å². The molecule has 0 spiro atoms. The normalized spacial score (nSPS) is 15.2. The first-order valence-corrected chi connectivity index (χ1v) is 5.36. The Morgan fingerprint density at radius 1 is 1.47 bits per heavy atom. The molecule has 0 aromatic carbocycles. The Balaban J connectivity index is 2.63. The lowest BCUT2D eigenvalue weighted by atomic mass is 9.95. The molecule has 15 heavy (non-hydrogen) atoms. The van der Waals surface area contributed by atoms with Crippen LogP contribution < -0.4 is 0 Å². The van der Waals surface area contributed by atoms with Gasteiger partial charge in [-0.25, -0.2) is 0 Å². The SMILES string of the molecule is C=Cc1oc2c(c1/C=C\C)CCC=C2C. The lowest BCUT2D eigenvalue weighted by Gasteiger charge is -2.08. The summed E-state index contributed by atoms with van der Waals surface area (Å²) >= 11 is 0. The Kier molecular flexibility index (Phi) is 2.63. The molecule has 2 rings (SSSR count). The summed E-state index contributed by atoms with van der Waals surface area (Å²) in [5.41, 5.74) is 3.79. The van der Waals surface area contributed by atoms with Crippen LogP contribution in [0.3, 0.4) is 0 Å². The van der Waals surface area contributed by atoms with E-state index in [4.69, 9.17) is 4.42 Å². The second-order valence-electron chi connectivity index (χ2n) is 3.82. The zero-order valence-corrected chi connectivity index (χ0v) is 9.34. The number of rotatable bonds is 2. The van der Waals surface area contributed by atoms with Gasteiger partial charge in [0.15, 0.2) is 0 Å². The summed E-state index contributed by atoms with van der Waals surface area (Å²) in [5.74, 6) is 1.94. The molecule has 0 saturated heterocycles. The molecule has 0 bridgehead atoms.